The summed E-state index contributed by atoms with van der Waals surface area (Å²) >= 11 is 0. The topological polar surface area (TPSA) is 108 Å². The second-order valence-electron chi connectivity index (χ2n) is 22.1. The molecule has 9 nitrogen and oxygen atoms in total. The maximum Gasteiger partial charge on any atom is 0.472 e. The molecule has 0 aromatic carbocycles. The highest BCUT2D eigenvalue weighted by molar-refractivity contribution is 7.47. The molecule has 0 bridgehead atoms. The molecule has 2 unspecified atom stereocenters. The molecular weight excluding hydrogens is 1000 g/mol. The zero-order chi connectivity index (χ0) is 57.7. The molecule has 0 aliphatic rings. The SMILES string of the molecule is CC/C=C\C/C=C\C/C=C\C/C=C\C/C=C\C/C=C\C/C=C\C/C=C\CCCCCCCCCCCCCCCCC(=O)OC(COC(=O)CCCCCCC/C=C\C/C=C\CCCCCC)COP(=O)(O)OCC[N+](C)(C)C. The molecule has 0 aromatic rings. The molecule has 2 atom stereocenters. The van der Waals surface area contributed by atoms with E-state index in [9.17, 15) is 19.0 Å². The lowest BCUT2D eigenvalue weighted by molar-refractivity contribution is -0.870. The van der Waals surface area contributed by atoms with E-state index in [0.717, 1.165) is 116 Å². The van der Waals surface area contributed by atoms with E-state index in [0.29, 0.717) is 17.4 Å². The minimum absolute atomic E-state index is 0.0249. The molecule has 1 N–H and O–H groups in total. The number of carbonyl (C=O) groups is 2. The number of carbonyl (C=O) groups excluding carboxylic acids is 2. The molecule has 0 rings (SSSR count). The van der Waals surface area contributed by atoms with Gasteiger partial charge in [0.15, 0.2) is 6.10 Å². The molecule has 0 aliphatic heterocycles. The number of quaternary nitrogens is 1. The Hall–Kier alpha value is -3.59. The Morgan fingerprint density at radius 3 is 1.08 bits per heavy atom. The summed E-state index contributed by atoms with van der Waals surface area (Å²) in [6.45, 7) is 4.28. The van der Waals surface area contributed by atoms with E-state index in [1.165, 1.54) is 103 Å². The van der Waals surface area contributed by atoms with E-state index in [4.69, 9.17) is 18.5 Å². The van der Waals surface area contributed by atoms with Crippen LogP contribution in [0.15, 0.2) is 122 Å². The molecule has 0 amide bonds. The number of phosphoric acid groups is 1. The molecular formula is C69H119NO8P+. The molecule has 0 fully saturated rings. The summed E-state index contributed by atoms with van der Waals surface area (Å²) in [5.74, 6) is -0.816. The number of esters is 2. The fourth-order valence-electron chi connectivity index (χ4n) is 8.36. The Morgan fingerprint density at radius 1 is 0.405 bits per heavy atom. The molecule has 0 heterocycles. The normalized spacial score (nSPS) is 14.1. The Balaban J connectivity index is 4.05. The van der Waals surface area contributed by atoms with Crippen molar-refractivity contribution in [2.75, 3.05) is 47.5 Å². The van der Waals surface area contributed by atoms with Crippen LogP contribution in [-0.4, -0.2) is 74.9 Å². The van der Waals surface area contributed by atoms with Crippen LogP contribution in [0.5, 0.6) is 0 Å². The van der Waals surface area contributed by atoms with Gasteiger partial charge in [0, 0.05) is 12.8 Å². The van der Waals surface area contributed by atoms with Gasteiger partial charge >= 0.3 is 19.8 Å². The Morgan fingerprint density at radius 2 is 0.722 bits per heavy atom. The first-order valence-electron chi connectivity index (χ1n) is 31.8. The lowest BCUT2D eigenvalue weighted by Gasteiger charge is -2.24. The summed E-state index contributed by atoms with van der Waals surface area (Å²) in [6.07, 6.45) is 84.3. The predicted molar refractivity (Wildman–Crippen MR) is 339 cm³/mol. The second kappa shape index (κ2) is 59.0. The van der Waals surface area contributed by atoms with Gasteiger partial charge in [0.05, 0.1) is 27.7 Å². The van der Waals surface area contributed by atoms with E-state index in [-0.39, 0.29) is 32.0 Å². The van der Waals surface area contributed by atoms with E-state index in [1.54, 1.807) is 0 Å². The van der Waals surface area contributed by atoms with Crippen LogP contribution in [0.1, 0.15) is 251 Å². The lowest BCUT2D eigenvalue weighted by Crippen LogP contribution is -2.37. The third-order valence-corrected chi connectivity index (χ3v) is 14.2. The van der Waals surface area contributed by atoms with Gasteiger partial charge in [0.1, 0.15) is 19.8 Å². The molecule has 0 aliphatic carbocycles. The lowest BCUT2D eigenvalue weighted by atomic mass is 10.0. The second-order valence-corrected chi connectivity index (χ2v) is 23.5. The summed E-state index contributed by atoms with van der Waals surface area (Å²) in [6, 6.07) is 0. The van der Waals surface area contributed by atoms with Crippen LogP contribution in [-0.2, 0) is 32.7 Å². The summed E-state index contributed by atoms with van der Waals surface area (Å²) in [5, 5.41) is 0. The smallest absolute Gasteiger partial charge is 0.462 e. The van der Waals surface area contributed by atoms with Crippen LogP contribution in [0.3, 0.4) is 0 Å². The number of ether oxygens (including phenoxy) is 2. The predicted octanol–water partition coefficient (Wildman–Crippen LogP) is 20.3. The van der Waals surface area contributed by atoms with Crippen molar-refractivity contribution in [3.8, 4) is 0 Å². The van der Waals surface area contributed by atoms with Crippen LogP contribution in [0, 0.1) is 0 Å². The monoisotopic (exact) mass is 1120 g/mol. The van der Waals surface area contributed by atoms with Crippen molar-refractivity contribution in [3.63, 3.8) is 0 Å². The van der Waals surface area contributed by atoms with Gasteiger partial charge in [-0.25, -0.2) is 4.57 Å². The summed E-state index contributed by atoms with van der Waals surface area (Å²) in [4.78, 5) is 35.7. The van der Waals surface area contributed by atoms with Gasteiger partial charge < -0.3 is 18.9 Å². The first kappa shape index (κ1) is 75.4. The van der Waals surface area contributed by atoms with Crippen LogP contribution in [0.4, 0.5) is 0 Å². The molecule has 452 valence electrons. The zero-order valence-electron chi connectivity index (χ0n) is 51.3. The Labute approximate surface area is 486 Å². The number of nitrogens with zero attached hydrogens (tertiary/aromatic N) is 1. The minimum Gasteiger partial charge on any atom is -0.462 e. The highest BCUT2D eigenvalue weighted by Crippen LogP contribution is 2.43. The third-order valence-electron chi connectivity index (χ3n) is 13.2. The van der Waals surface area contributed by atoms with E-state index >= 15 is 0 Å². The Bertz CT molecular complexity index is 1750. The van der Waals surface area contributed by atoms with Gasteiger partial charge in [-0.15, -0.1) is 0 Å². The van der Waals surface area contributed by atoms with Crippen molar-refractivity contribution in [2.24, 2.45) is 0 Å². The van der Waals surface area contributed by atoms with Gasteiger partial charge in [-0.3, -0.25) is 18.6 Å². The van der Waals surface area contributed by atoms with Gasteiger partial charge in [-0.1, -0.05) is 251 Å². The molecule has 0 spiro atoms. The van der Waals surface area contributed by atoms with E-state index in [1.807, 2.05) is 21.1 Å². The zero-order valence-corrected chi connectivity index (χ0v) is 52.2. The van der Waals surface area contributed by atoms with E-state index in [2.05, 4.69) is 135 Å². The summed E-state index contributed by atoms with van der Waals surface area (Å²) in [7, 11) is 1.46. The maximum atomic E-state index is 12.8. The van der Waals surface area contributed by atoms with Crippen LogP contribution < -0.4 is 0 Å². The van der Waals surface area contributed by atoms with Crippen molar-refractivity contribution in [2.45, 2.75) is 258 Å². The van der Waals surface area contributed by atoms with E-state index < -0.39 is 26.5 Å². The number of rotatable bonds is 57. The number of hydrogen-bond acceptors (Lipinski definition) is 7. The fourth-order valence-corrected chi connectivity index (χ4v) is 9.10. The van der Waals surface area contributed by atoms with Gasteiger partial charge in [-0.2, -0.15) is 0 Å². The first-order valence-corrected chi connectivity index (χ1v) is 33.3. The van der Waals surface area contributed by atoms with Crippen molar-refractivity contribution in [1.29, 1.82) is 0 Å². The molecule has 0 radical (unpaired) electrons. The highest BCUT2D eigenvalue weighted by Gasteiger charge is 2.27. The summed E-state index contributed by atoms with van der Waals surface area (Å²) in [5.41, 5.74) is 0. The van der Waals surface area contributed by atoms with Crippen molar-refractivity contribution < 1.29 is 42.1 Å². The van der Waals surface area contributed by atoms with Crippen LogP contribution in [0.25, 0.3) is 0 Å². The van der Waals surface area contributed by atoms with Gasteiger partial charge in [-0.05, 0) is 109 Å². The quantitative estimate of drug-likeness (QED) is 0.0211. The number of allylic oxidation sites excluding steroid dienone is 20. The molecule has 0 saturated carbocycles. The van der Waals surface area contributed by atoms with Gasteiger partial charge in [0.25, 0.3) is 0 Å². The first-order chi connectivity index (χ1) is 38.5. The third kappa shape index (κ3) is 63.5. The molecule has 79 heavy (non-hydrogen) atoms. The number of hydrogen-bond donors (Lipinski definition) is 1. The average Bonchev–Trinajstić information content (AvgIpc) is 3.41. The highest BCUT2D eigenvalue weighted by atomic mass is 31.2. The van der Waals surface area contributed by atoms with Crippen molar-refractivity contribution in [1.82, 2.24) is 0 Å². The van der Waals surface area contributed by atoms with Crippen LogP contribution in [0.2, 0.25) is 0 Å². The standard InChI is InChI=1S/C69H118NO8P/c1-6-8-10-12-14-16-18-20-22-24-25-26-27-28-29-30-31-32-33-34-35-36-37-38-39-40-41-42-43-44-45-46-48-50-52-54-56-58-60-62-69(72)78-67(66-77-79(73,74)76-64-63-70(3,4)5)65-75-68(71)61-59-57-55-53-51-49-47-23-21-19-17-15-13-11-9-7-2/h8,10,14,16-17,19-20,22-23,25-26,28-29,31-32,34-35,37-38,47,67H,6-7,9,11-13,15,18,21,24,27,30,33,36,39-46,48-66H2,1-5H3/p+1/b10-8-,16-14-,19-17-,22-20-,26-25-,29-28-,32-31-,35-34-,38-37-,47-23-. The maximum absolute atomic E-state index is 12.8. The number of phosphoric ester groups is 1. The largest absolute Gasteiger partial charge is 0.472 e. The van der Waals surface area contributed by atoms with Crippen LogP contribution >= 0.6 is 7.82 Å². The average molecular weight is 1120 g/mol. The molecule has 10 heteroatoms. The number of unbranched alkanes of at least 4 members (excludes halogenated alkanes) is 23. The molecule has 0 saturated heterocycles. The minimum atomic E-state index is -4.40. The summed E-state index contributed by atoms with van der Waals surface area (Å²) < 4.78 is 34.6. The van der Waals surface area contributed by atoms with Gasteiger partial charge in [0.2, 0.25) is 0 Å². The Kier molecular flexibility index (Phi) is 56.4. The molecule has 0 aromatic heterocycles. The number of likely N-dealkylation sites (N-methyl/N-ethyl adjacent to an activating group) is 1. The van der Waals surface area contributed by atoms with Crippen molar-refractivity contribution in [3.05, 3.63) is 122 Å². The fraction of sp³-hybridized carbons (Fsp3) is 0.681. The van der Waals surface area contributed by atoms with Crippen molar-refractivity contribution >= 4 is 19.8 Å².